The average Bonchev–Trinajstić information content (AvgIpc) is 2.72. The lowest BCUT2D eigenvalue weighted by molar-refractivity contribution is -0.0976. The fraction of sp³-hybridized carbons (Fsp3) is 0.600. The molecule has 4 nitrogen and oxygen atoms in total. The van der Waals surface area contributed by atoms with Crippen LogP contribution >= 0.6 is 11.3 Å². The van der Waals surface area contributed by atoms with Crippen LogP contribution in [0.1, 0.15) is 17.2 Å². The summed E-state index contributed by atoms with van der Waals surface area (Å²) in [6.45, 7) is -1.03. The van der Waals surface area contributed by atoms with E-state index >= 15 is 0 Å². The van der Waals surface area contributed by atoms with E-state index in [1.54, 1.807) is 0 Å². The van der Waals surface area contributed by atoms with Gasteiger partial charge < -0.3 is 9.84 Å². The fourth-order valence-electron chi connectivity index (χ4n) is 1.95. The van der Waals surface area contributed by atoms with Gasteiger partial charge in [-0.05, 0) is 0 Å². The minimum absolute atomic E-state index is 0.214. The Bertz CT molecular complexity index is 623. The van der Waals surface area contributed by atoms with Crippen LogP contribution in [0.3, 0.4) is 0 Å². The molecule has 1 N–H and O–H groups in total. The summed E-state index contributed by atoms with van der Waals surface area (Å²) in [4.78, 5) is 0. The van der Waals surface area contributed by atoms with Crippen molar-refractivity contribution < 1.29 is 35.8 Å². The van der Waals surface area contributed by atoms with Crippen molar-refractivity contribution in [3.05, 3.63) is 11.1 Å². The van der Waals surface area contributed by atoms with Gasteiger partial charge >= 0.3 is 0 Å². The molecule has 1 aliphatic rings. The molecule has 0 aliphatic heterocycles. The summed E-state index contributed by atoms with van der Waals surface area (Å²) in [6, 6.07) is 0. The summed E-state index contributed by atoms with van der Waals surface area (Å²) in [5, 5.41) is 9.22. The minimum atomic E-state index is -3.87. The van der Waals surface area contributed by atoms with Crippen LogP contribution < -0.4 is 4.74 Å². The number of ether oxygens (including phenoxy) is 1. The van der Waals surface area contributed by atoms with Crippen LogP contribution in [0.25, 0.3) is 0 Å². The van der Waals surface area contributed by atoms with E-state index in [-0.39, 0.29) is 10.6 Å². The summed E-state index contributed by atoms with van der Waals surface area (Å²) in [5.74, 6) is -3.54. The van der Waals surface area contributed by atoms with Gasteiger partial charge in [-0.15, -0.1) is 0 Å². The molecule has 0 saturated heterocycles. The van der Waals surface area contributed by atoms with Gasteiger partial charge in [0.1, 0.15) is 16.9 Å². The average molecular weight is 334 g/mol. The van der Waals surface area contributed by atoms with Crippen molar-refractivity contribution in [2.45, 2.75) is 29.1 Å². The second-order valence-corrected chi connectivity index (χ2v) is 7.58. The number of aliphatic hydroxyl groups excluding tert-OH is 1. The van der Waals surface area contributed by atoms with Gasteiger partial charge in [-0.1, -0.05) is 11.3 Å². The molecular formula is C10H10F4O4S2. The van der Waals surface area contributed by atoms with E-state index in [4.69, 9.17) is 0 Å². The van der Waals surface area contributed by atoms with Crippen LogP contribution in [0.2, 0.25) is 0 Å². The Labute approximate surface area is 115 Å². The summed E-state index contributed by atoms with van der Waals surface area (Å²) in [6.07, 6.45) is -5.24. The van der Waals surface area contributed by atoms with Crippen LogP contribution in [0.5, 0.6) is 5.06 Å². The third kappa shape index (κ3) is 2.63. The first-order chi connectivity index (χ1) is 9.04. The standard InChI is InChI=1S/C10H10F4O4S2/c1-20(16,17)9-6-4(2-10(13,14)7(6)15)8(19-9)18-3-5(11)12/h5,7,15H,2-3H2,1H3. The van der Waals surface area contributed by atoms with E-state index < -0.39 is 51.1 Å². The SMILES string of the molecule is CS(=O)(=O)c1sc(OCC(F)F)c2c1C(O)C(F)(F)C2. The smallest absolute Gasteiger partial charge is 0.281 e. The molecule has 0 radical (unpaired) electrons. The van der Waals surface area contributed by atoms with Gasteiger partial charge in [0.15, 0.2) is 14.9 Å². The molecule has 1 aliphatic carbocycles. The van der Waals surface area contributed by atoms with Crippen LogP contribution in [-0.2, 0) is 16.3 Å². The quantitative estimate of drug-likeness (QED) is 0.856. The monoisotopic (exact) mass is 334 g/mol. The molecule has 0 fully saturated rings. The molecule has 20 heavy (non-hydrogen) atoms. The van der Waals surface area contributed by atoms with Crippen molar-refractivity contribution in [3.63, 3.8) is 0 Å². The number of fused-ring (bicyclic) bond motifs is 1. The number of hydrogen-bond acceptors (Lipinski definition) is 5. The Morgan fingerprint density at radius 3 is 2.60 bits per heavy atom. The van der Waals surface area contributed by atoms with Crippen LogP contribution in [0.15, 0.2) is 4.21 Å². The van der Waals surface area contributed by atoms with Crippen molar-refractivity contribution in [1.29, 1.82) is 0 Å². The zero-order chi connectivity index (χ0) is 15.3. The molecule has 0 bridgehead atoms. The highest BCUT2D eigenvalue weighted by Gasteiger charge is 2.51. The number of halogens is 4. The van der Waals surface area contributed by atoms with Gasteiger partial charge in [0.2, 0.25) is 0 Å². The van der Waals surface area contributed by atoms with E-state index in [1.165, 1.54) is 0 Å². The Morgan fingerprint density at radius 2 is 2.10 bits per heavy atom. The maximum Gasteiger partial charge on any atom is 0.281 e. The van der Waals surface area contributed by atoms with Gasteiger partial charge in [0.25, 0.3) is 12.3 Å². The number of aliphatic hydroxyl groups is 1. The Kier molecular flexibility index (Phi) is 3.76. The van der Waals surface area contributed by atoms with Gasteiger partial charge in [0.05, 0.1) is 0 Å². The lowest BCUT2D eigenvalue weighted by Gasteiger charge is -2.14. The van der Waals surface area contributed by atoms with Crippen molar-refractivity contribution >= 4 is 21.2 Å². The summed E-state index contributed by atoms with van der Waals surface area (Å²) < 4.78 is 78.5. The second kappa shape index (κ2) is 4.85. The molecule has 1 atom stereocenters. The molecule has 1 aromatic heterocycles. The number of thiophene rings is 1. The third-order valence-corrected chi connectivity index (χ3v) is 5.75. The lowest BCUT2D eigenvalue weighted by atomic mass is 10.2. The number of sulfone groups is 1. The van der Waals surface area contributed by atoms with E-state index in [0.29, 0.717) is 11.3 Å². The van der Waals surface area contributed by atoms with Crippen molar-refractivity contribution in [2.24, 2.45) is 0 Å². The minimum Gasteiger partial charge on any atom is -0.478 e. The molecule has 1 unspecified atom stereocenters. The summed E-state index contributed by atoms with van der Waals surface area (Å²) in [5.41, 5.74) is -0.652. The third-order valence-electron chi connectivity index (χ3n) is 2.74. The first-order valence-electron chi connectivity index (χ1n) is 5.36. The predicted molar refractivity (Wildman–Crippen MR) is 62.5 cm³/mol. The van der Waals surface area contributed by atoms with E-state index in [0.717, 1.165) is 6.26 Å². The van der Waals surface area contributed by atoms with Gasteiger partial charge in [-0.3, -0.25) is 0 Å². The number of alkyl halides is 4. The molecule has 0 saturated carbocycles. The molecule has 1 heterocycles. The lowest BCUT2D eigenvalue weighted by Crippen LogP contribution is -2.22. The zero-order valence-corrected chi connectivity index (χ0v) is 11.7. The van der Waals surface area contributed by atoms with Crippen LogP contribution in [0.4, 0.5) is 17.6 Å². The Morgan fingerprint density at radius 1 is 1.50 bits per heavy atom. The largest absolute Gasteiger partial charge is 0.478 e. The highest BCUT2D eigenvalue weighted by Crippen LogP contribution is 2.53. The van der Waals surface area contributed by atoms with E-state index in [1.807, 2.05) is 0 Å². The van der Waals surface area contributed by atoms with E-state index in [9.17, 15) is 31.1 Å². The van der Waals surface area contributed by atoms with Crippen molar-refractivity contribution in [1.82, 2.24) is 0 Å². The Hall–Kier alpha value is -0.870. The van der Waals surface area contributed by atoms with Gasteiger partial charge in [0, 0.05) is 23.8 Å². The summed E-state index contributed by atoms with van der Waals surface area (Å²) in [7, 11) is -3.87. The summed E-state index contributed by atoms with van der Waals surface area (Å²) >= 11 is 0.479. The second-order valence-electron chi connectivity index (χ2n) is 4.38. The normalized spacial score (nSPS) is 21.2. The molecule has 2 rings (SSSR count). The van der Waals surface area contributed by atoms with E-state index in [2.05, 4.69) is 4.74 Å². The zero-order valence-electron chi connectivity index (χ0n) is 10.1. The first kappa shape index (κ1) is 15.5. The molecule has 114 valence electrons. The first-order valence-corrected chi connectivity index (χ1v) is 8.07. The number of hydrogen-bond donors (Lipinski definition) is 1. The molecule has 0 aromatic carbocycles. The van der Waals surface area contributed by atoms with Gasteiger partial charge in [-0.2, -0.15) is 0 Å². The molecule has 10 heteroatoms. The van der Waals surface area contributed by atoms with Crippen LogP contribution in [-0.4, -0.2) is 38.7 Å². The fourth-order valence-corrected chi connectivity index (χ4v) is 4.36. The highest BCUT2D eigenvalue weighted by atomic mass is 32.2. The van der Waals surface area contributed by atoms with Crippen molar-refractivity contribution in [3.8, 4) is 5.06 Å². The van der Waals surface area contributed by atoms with Crippen molar-refractivity contribution in [2.75, 3.05) is 12.9 Å². The molecule has 0 amide bonds. The Balaban J connectivity index is 2.51. The maximum atomic E-state index is 13.5. The van der Waals surface area contributed by atoms with Gasteiger partial charge in [-0.25, -0.2) is 26.0 Å². The molecule has 1 aromatic rings. The van der Waals surface area contributed by atoms with Crippen LogP contribution in [0, 0.1) is 0 Å². The molecule has 0 spiro atoms. The predicted octanol–water partition coefficient (Wildman–Crippen LogP) is 2.02. The molecular weight excluding hydrogens is 324 g/mol. The topological polar surface area (TPSA) is 63.6 Å². The highest BCUT2D eigenvalue weighted by molar-refractivity contribution is 7.92. The maximum absolute atomic E-state index is 13.5. The number of rotatable bonds is 4.